The molecule has 1 N–H and O–H groups in total. The lowest BCUT2D eigenvalue weighted by atomic mass is 9.32. The number of fused-ring (bicyclic) bond motifs is 7. The van der Waals surface area contributed by atoms with Gasteiger partial charge in [-0.05, 0) is 141 Å². The van der Waals surface area contributed by atoms with E-state index in [9.17, 15) is 9.59 Å². The third-order valence-electron chi connectivity index (χ3n) is 15.6. The number of nitrogens with one attached hydrogen (secondary N) is 1. The van der Waals surface area contributed by atoms with Crippen LogP contribution in [-0.2, 0) is 20.7 Å². The summed E-state index contributed by atoms with van der Waals surface area (Å²) in [5, 5.41) is 3.46. The van der Waals surface area contributed by atoms with E-state index in [1.165, 1.54) is 36.8 Å². The molecule has 6 rings (SSSR count). The largest absolute Gasteiger partial charge is 0.497 e. The van der Waals surface area contributed by atoms with Gasteiger partial charge in [0.25, 0.3) is 0 Å². The number of carbonyl (C=O) groups excluding carboxylic acids is 2. The molecule has 0 saturated heterocycles. The van der Waals surface area contributed by atoms with E-state index in [4.69, 9.17) is 9.47 Å². The topological polar surface area (TPSA) is 64.6 Å². The Morgan fingerprint density at radius 3 is 2.22 bits per heavy atom. The number of hydrogen-bond acceptors (Lipinski definition) is 4. The fourth-order valence-electron chi connectivity index (χ4n) is 13.2. The minimum Gasteiger partial charge on any atom is -0.497 e. The number of benzene rings is 1. The molecule has 10 atom stereocenters. The maximum atomic E-state index is 14.4. The summed E-state index contributed by atoms with van der Waals surface area (Å²) in [5.41, 5.74) is 2.83. The van der Waals surface area contributed by atoms with Gasteiger partial charge in [-0.3, -0.25) is 9.59 Å². The van der Waals surface area contributed by atoms with Gasteiger partial charge in [-0.15, -0.1) is 0 Å². The van der Waals surface area contributed by atoms with Crippen molar-refractivity contribution in [1.82, 2.24) is 5.32 Å². The molecule has 254 valence electrons. The maximum absolute atomic E-state index is 14.4. The molecule has 4 unspecified atom stereocenters. The predicted octanol–water partition coefficient (Wildman–Crippen LogP) is 8.94. The molecule has 1 amide bonds. The summed E-state index contributed by atoms with van der Waals surface area (Å²) < 4.78 is 11.3. The minimum absolute atomic E-state index is 0.00713. The van der Waals surface area contributed by atoms with E-state index in [0.717, 1.165) is 50.7 Å². The number of esters is 1. The van der Waals surface area contributed by atoms with Crippen LogP contribution in [0.5, 0.6) is 5.75 Å². The molecule has 0 aromatic heterocycles. The summed E-state index contributed by atoms with van der Waals surface area (Å²) in [6.45, 7) is 21.6. The first-order chi connectivity index (χ1) is 21.6. The van der Waals surface area contributed by atoms with Gasteiger partial charge in [-0.1, -0.05) is 58.9 Å². The molecule has 0 aliphatic heterocycles. The highest BCUT2D eigenvalue weighted by molar-refractivity contribution is 5.84. The predicted molar refractivity (Wildman–Crippen MR) is 184 cm³/mol. The van der Waals surface area contributed by atoms with E-state index >= 15 is 0 Å². The molecule has 0 bridgehead atoms. The summed E-state index contributed by atoms with van der Waals surface area (Å²) in [5.74, 6) is 3.52. The Morgan fingerprint density at radius 2 is 1.57 bits per heavy atom. The molecular formula is C41H61NO4. The van der Waals surface area contributed by atoms with E-state index < -0.39 is 0 Å². The van der Waals surface area contributed by atoms with Gasteiger partial charge in [-0.2, -0.15) is 0 Å². The highest BCUT2D eigenvalue weighted by Gasteiger charge is 2.72. The van der Waals surface area contributed by atoms with Crippen LogP contribution in [0.15, 0.2) is 36.4 Å². The molecule has 1 aromatic rings. The van der Waals surface area contributed by atoms with E-state index in [1.807, 2.05) is 12.1 Å². The summed E-state index contributed by atoms with van der Waals surface area (Å²) in [7, 11) is 1.69. The lowest BCUT2D eigenvalue weighted by Crippen LogP contribution is -2.67. The SMILES string of the molecule is C=C(C)[C@@H]1CC[C@]2(C(=O)NCCc3ccc(OC)cc3)CC[C@]3(C)C(CCC4[C@@]5(C)CC[C@H](OC(C)=O)C(C)(C)C5CC[C@]43C)C12. The summed E-state index contributed by atoms with van der Waals surface area (Å²) >= 11 is 0. The average Bonchev–Trinajstić information content (AvgIpc) is 3.40. The molecule has 5 saturated carbocycles. The van der Waals surface area contributed by atoms with Crippen molar-refractivity contribution < 1.29 is 19.1 Å². The van der Waals surface area contributed by atoms with E-state index in [2.05, 4.69) is 65.6 Å². The van der Waals surface area contributed by atoms with Crippen LogP contribution in [0.25, 0.3) is 0 Å². The molecule has 5 aliphatic rings. The van der Waals surface area contributed by atoms with Crippen molar-refractivity contribution >= 4 is 11.9 Å². The van der Waals surface area contributed by atoms with Crippen LogP contribution in [0, 0.1) is 56.7 Å². The second-order valence-electron chi connectivity index (χ2n) is 17.7. The molecule has 0 radical (unpaired) electrons. The fourth-order valence-corrected chi connectivity index (χ4v) is 13.2. The number of hydrogen-bond donors (Lipinski definition) is 1. The van der Waals surface area contributed by atoms with Crippen LogP contribution in [-0.4, -0.2) is 31.6 Å². The third-order valence-corrected chi connectivity index (χ3v) is 15.6. The summed E-state index contributed by atoms with van der Waals surface area (Å²) in [4.78, 5) is 26.5. The van der Waals surface area contributed by atoms with Crippen LogP contribution in [0.3, 0.4) is 0 Å². The van der Waals surface area contributed by atoms with Crippen molar-refractivity contribution in [3.63, 3.8) is 0 Å². The molecular weight excluding hydrogens is 570 g/mol. The van der Waals surface area contributed by atoms with Crippen LogP contribution < -0.4 is 10.1 Å². The van der Waals surface area contributed by atoms with Gasteiger partial charge < -0.3 is 14.8 Å². The van der Waals surface area contributed by atoms with Gasteiger partial charge in [0.2, 0.25) is 5.91 Å². The minimum atomic E-state index is -0.290. The van der Waals surface area contributed by atoms with Crippen LogP contribution in [0.1, 0.15) is 118 Å². The molecule has 46 heavy (non-hydrogen) atoms. The summed E-state index contributed by atoms with van der Waals surface area (Å²) in [6.07, 6.45) is 12.0. The average molecular weight is 632 g/mol. The first-order valence-electron chi connectivity index (χ1n) is 18.4. The fraction of sp³-hybridized carbons (Fsp3) is 0.756. The van der Waals surface area contributed by atoms with Crippen molar-refractivity contribution in [2.75, 3.05) is 13.7 Å². The number of carbonyl (C=O) groups is 2. The second-order valence-corrected chi connectivity index (χ2v) is 17.7. The highest BCUT2D eigenvalue weighted by atomic mass is 16.5. The lowest BCUT2D eigenvalue weighted by Gasteiger charge is -2.72. The number of rotatable bonds is 7. The first kappa shape index (κ1) is 33.6. The maximum Gasteiger partial charge on any atom is 0.302 e. The van der Waals surface area contributed by atoms with Gasteiger partial charge in [0.05, 0.1) is 12.5 Å². The monoisotopic (exact) mass is 631 g/mol. The van der Waals surface area contributed by atoms with Crippen LogP contribution in [0.2, 0.25) is 0 Å². The first-order valence-corrected chi connectivity index (χ1v) is 18.4. The van der Waals surface area contributed by atoms with Gasteiger partial charge in [0, 0.05) is 18.9 Å². The molecule has 5 aliphatic carbocycles. The van der Waals surface area contributed by atoms with Crippen LogP contribution in [0.4, 0.5) is 0 Å². The van der Waals surface area contributed by atoms with E-state index in [1.54, 1.807) is 14.0 Å². The van der Waals surface area contributed by atoms with Crippen molar-refractivity contribution in [3.8, 4) is 5.75 Å². The Labute approximate surface area is 279 Å². The number of methoxy groups -OCH3 is 1. The zero-order chi connectivity index (χ0) is 33.3. The smallest absolute Gasteiger partial charge is 0.302 e. The summed E-state index contributed by atoms with van der Waals surface area (Å²) in [6, 6.07) is 8.20. The standard InChI is InChI=1S/C41H61NO4/c1-26(2)30-16-22-41(36(44)42-25-19-28-10-12-29(45-9)13-11-28)24-23-39(7)31(35(30)41)14-15-33-38(6)20-18-34(46-27(3)43)37(4,5)32(38)17-21-40(33,39)8/h10-13,30-35H,1,14-25H2,2-9H3,(H,42,44)/t30-,31?,32?,33?,34-,35?,38-,39+,40+,41-/m0/s1. The molecule has 5 heteroatoms. The van der Waals surface area contributed by atoms with Gasteiger partial charge >= 0.3 is 5.97 Å². The Balaban J connectivity index is 1.26. The normalized spacial score (nSPS) is 42.4. The van der Waals surface area contributed by atoms with Crippen molar-refractivity contribution in [2.45, 2.75) is 125 Å². The zero-order valence-corrected chi connectivity index (χ0v) is 30.1. The molecule has 5 fully saturated rings. The zero-order valence-electron chi connectivity index (χ0n) is 30.1. The lowest BCUT2D eigenvalue weighted by molar-refractivity contribution is -0.248. The van der Waals surface area contributed by atoms with Gasteiger partial charge in [0.1, 0.15) is 11.9 Å². The van der Waals surface area contributed by atoms with E-state index in [0.29, 0.717) is 42.0 Å². The molecule has 1 aromatic carbocycles. The molecule has 0 heterocycles. The Morgan fingerprint density at radius 1 is 0.848 bits per heavy atom. The Kier molecular flexibility index (Phi) is 8.54. The highest BCUT2D eigenvalue weighted by Crippen LogP contribution is 2.77. The van der Waals surface area contributed by atoms with Crippen molar-refractivity contribution in [1.29, 1.82) is 0 Å². The quantitative estimate of drug-likeness (QED) is 0.241. The molecule has 5 nitrogen and oxygen atoms in total. The number of amides is 1. The second kappa shape index (κ2) is 11.7. The van der Waals surface area contributed by atoms with E-state index in [-0.39, 0.29) is 39.1 Å². The number of allylic oxidation sites excluding steroid dienone is 1. The Bertz CT molecular complexity index is 1350. The van der Waals surface area contributed by atoms with Crippen LogP contribution >= 0.6 is 0 Å². The molecule has 0 spiro atoms. The van der Waals surface area contributed by atoms with Crippen molar-refractivity contribution in [2.24, 2.45) is 56.7 Å². The van der Waals surface area contributed by atoms with Gasteiger partial charge in [-0.25, -0.2) is 0 Å². The van der Waals surface area contributed by atoms with Crippen molar-refractivity contribution in [3.05, 3.63) is 42.0 Å². The van der Waals surface area contributed by atoms with Gasteiger partial charge in [0.15, 0.2) is 0 Å². The third kappa shape index (κ3) is 4.90. The Hall–Kier alpha value is -2.30. The number of ether oxygens (including phenoxy) is 2.